The van der Waals surface area contributed by atoms with E-state index in [2.05, 4.69) is 27.8 Å². The van der Waals surface area contributed by atoms with Crippen LogP contribution in [0.5, 0.6) is 0 Å². The van der Waals surface area contributed by atoms with Crippen LogP contribution in [-0.4, -0.2) is 4.98 Å². The highest BCUT2D eigenvalue weighted by molar-refractivity contribution is 7.10. The van der Waals surface area contributed by atoms with Crippen molar-refractivity contribution in [2.24, 2.45) is 0 Å². The number of nitrogens with two attached hydrogens (primary N) is 1. The van der Waals surface area contributed by atoms with Gasteiger partial charge in [0.25, 0.3) is 0 Å². The number of nitrogen functional groups attached to an aromatic ring is 1. The molecule has 0 aliphatic heterocycles. The summed E-state index contributed by atoms with van der Waals surface area (Å²) >= 11 is 1.86. The van der Waals surface area contributed by atoms with E-state index in [4.69, 9.17) is 5.73 Å². The highest BCUT2D eigenvalue weighted by Gasteiger charge is 2.22. The molecule has 0 radical (unpaired) electrons. The number of aromatic nitrogens is 1. The maximum atomic E-state index is 6.18. The fraction of sp³-hybridized carbons (Fsp3) is 0.235. The first-order chi connectivity index (χ1) is 10.3. The van der Waals surface area contributed by atoms with Gasteiger partial charge in [-0.05, 0) is 42.3 Å². The van der Waals surface area contributed by atoms with Gasteiger partial charge in [0.05, 0.1) is 29.1 Å². The van der Waals surface area contributed by atoms with Gasteiger partial charge in [0.2, 0.25) is 0 Å². The molecule has 1 aliphatic rings. The molecule has 0 bridgehead atoms. The Balaban J connectivity index is 1.77. The van der Waals surface area contributed by atoms with Crippen molar-refractivity contribution in [2.45, 2.75) is 25.3 Å². The summed E-state index contributed by atoms with van der Waals surface area (Å²) in [7, 11) is 0. The minimum atomic E-state index is 0.355. The number of para-hydroxylation sites is 1. The van der Waals surface area contributed by atoms with Gasteiger partial charge in [0.15, 0.2) is 0 Å². The molecule has 0 amide bonds. The van der Waals surface area contributed by atoms with Crippen molar-refractivity contribution in [3.8, 4) is 0 Å². The standard InChI is InChI=1S/C17H17N3S/c18-13-10-19-14-5-2-1-4-12(14)17(13)20-15-6-3-7-16-11(15)8-9-21-16/h1-2,4-5,8-10,15H,3,6-7,18H2,(H,19,20). The molecule has 3 aromatic rings. The summed E-state index contributed by atoms with van der Waals surface area (Å²) in [5, 5.41) is 6.97. The molecule has 0 saturated carbocycles. The third-order valence-electron chi connectivity index (χ3n) is 4.18. The molecule has 4 heteroatoms. The van der Waals surface area contributed by atoms with Crippen LogP contribution in [0.1, 0.15) is 29.3 Å². The molecule has 0 saturated heterocycles. The molecule has 4 rings (SSSR count). The van der Waals surface area contributed by atoms with Crippen LogP contribution in [0.2, 0.25) is 0 Å². The number of nitrogens with one attached hydrogen (secondary N) is 1. The van der Waals surface area contributed by atoms with Crippen molar-refractivity contribution in [3.05, 3.63) is 52.3 Å². The van der Waals surface area contributed by atoms with Gasteiger partial charge in [-0.15, -0.1) is 11.3 Å². The lowest BCUT2D eigenvalue weighted by molar-refractivity contribution is 0.609. The lowest BCUT2D eigenvalue weighted by atomic mass is 9.93. The topological polar surface area (TPSA) is 50.9 Å². The van der Waals surface area contributed by atoms with Crippen LogP contribution in [0.25, 0.3) is 10.9 Å². The van der Waals surface area contributed by atoms with Crippen molar-refractivity contribution in [3.63, 3.8) is 0 Å². The Morgan fingerprint density at radius 3 is 3.10 bits per heavy atom. The fourth-order valence-electron chi connectivity index (χ4n) is 3.13. The molecule has 3 nitrogen and oxygen atoms in total. The maximum Gasteiger partial charge on any atom is 0.0743 e. The van der Waals surface area contributed by atoms with Crippen LogP contribution in [0, 0.1) is 0 Å². The highest BCUT2D eigenvalue weighted by Crippen LogP contribution is 2.38. The summed E-state index contributed by atoms with van der Waals surface area (Å²) in [6, 6.07) is 10.7. The maximum absolute atomic E-state index is 6.18. The zero-order valence-electron chi connectivity index (χ0n) is 11.7. The number of thiophene rings is 1. The summed E-state index contributed by atoms with van der Waals surface area (Å²) in [6.45, 7) is 0. The molecule has 1 atom stereocenters. The van der Waals surface area contributed by atoms with Crippen molar-refractivity contribution >= 4 is 33.6 Å². The van der Waals surface area contributed by atoms with Crippen molar-refractivity contribution < 1.29 is 0 Å². The molecule has 3 N–H and O–H groups in total. The smallest absolute Gasteiger partial charge is 0.0743 e. The second-order valence-corrected chi connectivity index (χ2v) is 6.49. The van der Waals surface area contributed by atoms with E-state index in [1.54, 1.807) is 6.20 Å². The molecular formula is C17H17N3S. The molecule has 106 valence electrons. The minimum Gasteiger partial charge on any atom is -0.396 e. The van der Waals surface area contributed by atoms with Gasteiger partial charge in [-0.1, -0.05) is 18.2 Å². The molecule has 2 aromatic heterocycles. The molecular weight excluding hydrogens is 278 g/mol. The highest BCUT2D eigenvalue weighted by atomic mass is 32.1. The van der Waals surface area contributed by atoms with Gasteiger partial charge in [0.1, 0.15) is 0 Å². The van der Waals surface area contributed by atoms with E-state index in [9.17, 15) is 0 Å². The van der Waals surface area contributed by atoms with Gasteiger partial charge < -0.3 is 11.1 Å². The largest absolute Gasteiger partial charge is 0.396 e. The number of fused-ring (bicyclic) bond motifs is 2. The third-order valence-corrected chi connectivity index (χ3v) is 5.17. The summed E-state index contributed by atoms with van der Waals surface area (Å²) in [6.07, 6.45) is 5.34. The minimum absolute atomic E-state index is 0.355. The number of nitrogens with zero attached hydrogens (tertiary/aromatic N) is 1. The summed E-state index contributed by atoms with van der Waals surface area (Å²) in [4.78, 5) is 5.92. The number of benzene rings is 1. The van der Waals surface area contributed by atoms with E-state index < -0.39 is 0 Å². The number of hydrogen-bond acceptors (Lipinski definition) is 4. The molecule has 1 aromatic carbocycles. The van der Waals surface area contributed by atoms with E-state index in [1.165, 1.54) is 23.3 Å². The first-order valence-corrected chi connectivity index (χ1v) is 8.17. The molecule has 2 heterocycles. The summed E-state index contributed by atoms with van der Waals surface area (Å²) in [5.74, 6) is 0. The van der Waals surface area contributed by atoms with Gasteiger partial charge in [-0.2, -0.15) is 0 Å². The van der Waals surface area contributed by atoms with Crippen LogP contribution in [0.15, 0.2) is 41.9 Å². The molecule has 1 unspecified atom stereocenters. The van der Waals surface area contributed by atoms with E-state index in [-0.39, 0.29) is 0 Å². The van der Waals surface area contributed by atoms with Crippen LogP contribution in [0.3, 0.4) is 0 Å². The predicted molar refractivity (Wildman–Crippen MR) is 89.8 cm³/mol. The van der Waals surface area contributed by atoms with Crippen LogP contribution in [-0.2, 0) is 6.42 Å². The number of hydrogen-bond donors (Lipinski definition) is 2. The predicted octanol–water partition coefficient (Wildman–Crippen LogP) is 4.37. The van der Waals surface area contributed by atoms with Crippen molar-refractivity contribution in [1.29, 1.82) is 0 Å². The lowest BCUT2D eigenvalue weighted by Gasteiger charge is -2.26. The van der Waals surface area contributed by atoms with E-state index >= 15 is 0 Å². The van der Waals surface area contributed by atoms with E-state index in [0.717, 1.165) is 28.7 Å². The van der Waals surface area contributed by atoms with Crippen LogP contribution < -0.4 is 11.1 Å². The van der Waals surface area contributed by atoms with Gasteiger partial charge >= 0.3 is 0 Å². The normalized spacial score (nSPS) is 17.6. The number of pyridine rings is 1. The van der Waals surface area contributed by atoms with Gasteiger partial charge in [-0.25, -0.2) is 0 Å². The zero-order valence-corrected chi connectivity index (χ0v) is 12.5. The average Bonchev–Trinajstić information content (AvgIpc) is 2.99. The Hall–Kier alpha value is -2.07. The van der Waals surface area contributed by atoms with E-state index in [0.29, 0.717) is 6.04 Å². The Morgan fingerprint density at radius 1 is 1.24 bits per heavy atom. The third kappa shape index (κ3) is 2.16. The average molecular weight is 295 g/mol. The Bertz CT molecular complexity index is 794. The number of rotatable bonds is 2. The Kier molecular flexibility index (Phi) is 3.04. The first-order valence-electron chi connectivity index (χ1n) is 7.29. The first kappa shape index (κ1) is 12.7. The quantitative estimate of drug-likeness (QED) is 0.738. The van der Waals surface area contributed by atoms with Crippen molar-refractivity contribution in [2.75, 3.05) is 11.1 Å². The number of anilines is 2. The van der Waals surface area contributed by atoms with Gasteiger partial charge in [0, 0.05) is 10.3 Å². The van der Waals surface area contributed by atoms with E-state index in [1.807, 2.05) is 29.5 Å². The molecule has 0 spiro atoms. The molecule has 0 fully saturated rings. The lowest BCUT2D eigenvalue weighted by Crippen LogP contribution is -2.16. The fourth-order valence-corrected chi connectivity index (χ4v) is 4.12. The molecule has 1 aliphatic carbocycles. The van der Waals surface area contributed by atoms with Crippen LogP contribution in [0.4, 0.5) is 11.4 Å². The summed E-state index contributed by atoms with van der Waals surface area (Å²) in [5.41, 5.74) is 10.3. The van der Waals surface area contributed by atoms with Crippen molar-refractivity contribution in [1.82, 2.24) is 4.98 Å². The second kappa shape index (κ2) is 5.04. The zero-order chi connectivity index (χ0) is 14.2. The summed E-state index contributed by atoms with van der Waals surface area (Å²) < 4.78 is 0. The Morgan fingerprint density at radius 2 is 2.14 bits per heavy atom. The Labute approximate surface area is 127 Å². The second-order valence-electron chi connectivity index (χ2n) is 5.49. The number of aryl methyl sites for hydroxylation is 1. The SMILES string of the molecule is Nc1cnc2ccccc2c1NC1CCCc2sccc21. The van der Waals surface area contributed by atoms with Crippen LogP contribution >= 0.6 is 11.3 Å². The monoisotopic (exact) mass is 295 g/mol. The molecule has 21 heavy (non-hydrogen) atoms. The van der Waals surface area contributed by atoms with Gasteiger partial charge in [-0.3, -0.25) is 4.98 Å².